The molecule has 1 amide bonds. The monoisotopic (exact) mass is 344 g/mol. The van der Waals surface area contributed by atoms with Gasteiger partial charge in [-0.3, -0.25) is 9.78 Å². The lowest BCUT2D eigenvalue weighted by Crippen LogP contribution is -2.33. The standard InChI is InChI=1S/C17H17BrN2O/c1-12-15(5-2-6-16(12)18)17(21)20(14-7-8-14)11-13-4-3-9-19-10-13/h2-6,9-10,14H,7-8,11H2,1H3. The van der Waals surface area contributed by atoms with Gasteiger partial charge in [-0.15, -0.1) is 0 Å². The molecule has 0 unspecified atom stereocenters. The topological polar surface area (TPSA) is 33.2 Å². The van der Waals surface area contributed by atoms with Gasteiger partial charge in [0.25, 0.3) is 5.91 Å². The van der Waals surface area contributed by atoms with Crippen molar-refractivity contribution in [2.45, 2.75) is 32.4 Å². The van der Waals surface area contributed by atoms with Gasteiger partial charge in [-0.25, -0.2) is 0 Å². The lowest BCUT2D eigenvalue weighted by atomic mass is 10.1. The minimum Gasteiger partial charge on any atom is -0.331 e. The Labute approximate surface area is 133 Å². The van der Waals surface area contributed by atoms with E-state index < -0.39 is 0 Å². The van der Waals surface area contributed by atoms with Crippen molar-refractivity contribution in [1.29, 1.82) is 0 Å². The predicted molar refractivity (Wildman–Crippen MR) is 86.0 cm³/mol. The molecule has 3 nitrogen and oxygen atoms in total. The molecule has 1 aromatic heterocycles. The summed E-state index contributed by atoms with van der Waals surface area (Å²) in [5, 5.41) is 0. The highest BCUT2D eigenvalue weighted by Crippen LogP contribution is 2.31. The van der Waals surface area contributed by atoms with Crippen molar-refractivity contribution in [3.63, 3.8) is 0 Å². The van der Waals surface area contributed by atoms with E-state index in [4.69, 9.17) is 0 Å². The fourth-order valence-electron chi connectivity index (χ4n) is 2.44. The summed E-state index contributed by atoms with van der Waals surface area (Å²) in [6.07, 6.45) is 5.78. The fourth-order valence-corrected chi connectivity index (χ4v) is 2.80. The molecule has 1 aliphatic carbocycles. The average Bonchev–Trinajstić information content (AvgIpc) is 3.33. The minimum atomic E-state index is 0.111. The molecule has 21 heavy (non-hydrogen) atoms. The van der Waals surface area contributed by atoms with Crippen molar-refractivity contribution in [2.75, 3.05) is 0 Å². The summed E-state index contributed by atoms with van der Waals surface area (Å²) >= 11 is 3.50. The van der Waals surface area contributed by atoms with Gasteiger partial charge in [0.2, 0.25) is 0 Å². The van der Waals surface area contributed by atoms with Crippen LogP contribution in [0.5, 0.6) is 0 Å². The molecule has 4 heteroatoms. The summed E-state index contributed by atoms with van der Waals surface area (Å²) in [5.41, 5.74) is 2.85. The summed E-state index contributed by atoms with van der Waals surface area (Å²) in [7, 11) is 0. The van der Waals surface area contributed by atoms with Crippen molar-refractivity contribution in [3.8, 4) is 0 Å². The van der Waals surface area contributed by atoms with Crippen molar-refractivity contribution in [3.05, 3.63) is 63.9 Å². The van der Waals surface area contributed by atoms with E-state index in [1.165, 1.54) is 0 Å². The third kappa shape index (κ3) is 3.16. The maximum atomic E-state index is 12.9. The Bertz CT molecular complexity index is 653. The lowest BCUT2D eigenvalue weighted by molar-refractivity contribution is 0.0729. The SMILES string of the molecule is Cc1c(Br)cccc1C(=O)N(Cc1cccnc1)C1CC1. The van der Waals surface area contributed by atoms with E-state index in [0.29, 0.717) is 12.6 Å². The van der Waals surface area contributed by atoms with Crippen molar-refractivity contribution >= 4 is 21.8 Å². The molecule has 1 saturated carbocycles. The average molecular weight is 345 g/mol. The number of aromatic nitrogens is 1. The Balaban J connectivity index is 1.87. The normalized spacial score (nSPS) is 14.0. The molecular weight excluding hydrogens is 328 g/mol. The third-order valence-electron chi connectivity index (χ3n) is 3.82. The van der Waals surface area contributed by atoms with Crippen LogP contribution in [0.3, 0.4) is 0 Å². The number of amides is 1. The van der Waals surface area contributed by atoms with Crippen LogP contribution < -0.4 is 0 Å². The van der Waals surface area contributed by atoms with Crippen LogP contribution in [0.1, 0.15) is 34.3 Å². The zero-order chi connectivity index (χ0) is 14.8. The first-order valence-electron chi connectivity index (χ1n) is 7.12. The molecule has 0 aliphatic heterocycles. The van der Waals surface area contributed by atoms with Crippen LogP contribution in [0.15, 0.2) is 47.2 Å². The summed E-state index contributed by atoms with van der Waals surface area (Å²) < 4.78 is 0.977. The third-order valence-corrected chi connectivity index (χ3v) is 4.68. The molecule has 108 valence electrons. The first kappa shape index (κ1) is 14.3. The van der Waals surface area contributed by atoms with E-state index in [2.05, 4.69) is 20.9 Å². The summed E-state index contributed by atoms with van der Waals surface area (Å²) in [6, 6.07) is 10.1. The number of hydrogen-bond acceptors (Lipinski definition) is 2. The van der Waals surface area contributed by atoms with Crippen LogP contribution in [0.2, 0.25) is 0 Å². The van der Waals surface area contributed by atoms with Gasteiger partial charge >= 0.3 is 0 Å². The Morgan fingerprint density at radius 3 is 2.81 bits per heavy atom. The van der Waals surface area contributed by atoms with Crippen molar-refractivity contribution < 1.29 is 4.79 Å². The molecule has 1 aliphatic rings. The zero-order valence-electron chi connectivity index (χ0n) is 11.9. The van der Waals surface area contributed by atoms with Gasteiger partial charge in [0.05, 0.1) is 0 Å². The van der Waals surface area contributed by atoms with Gasteiger partial charge in [0.1, 0.15) is 0 Å². The van der Waals surface area contributed by atoms with Crippen LogP contribution in [0.4, 0.5) is 0 Å². The second-order valence-electron chi connectivity index (χ2n) is 5.44. The van der Waals surface area contributed by atoms with E-state index in [1.807, 2.05) is 48.4 Å². The minimum absolute atomic E-state index is 0.111. The van der Waals surface area contributed by atoms with Gasteiger partial charge in [-0.05, 0) is 49.1 Å². The van der Waals surface area contributed by atoms with Crippen LogP contribution in [-0.2, 0) is 6.54 Å². The highest BCUT2D eigenvalue weighted by Gasteiger charge is 2.33. The first-order valence-corrected chi connectivity index (χ1v) is 7.91. The zero-order valence-corrected chi connectivity index (χ0v) is 13.5. The molecule has 1 aromatic carbocycles. The Morgan fingerprint density at radius 1 is 1.33 bits per heavy atom. The second kappa shape index (κ2) is 5.98. The number of nitrogens with zero attached hydrogens (tertiary/aromatic N) is 2. The molecule has 0 N–H and O–H groups in total. The maximum Gasteiger partial charge on any atom is 0.254 e. The van der Waals surface area contributed by atoms with E-state index >= 15 is 0 Å². The van der Waals surface area contributed by atoms with Gasteiger partial charge in [0, 0.05) is 35.0 Å². The van der Waals surface area contributed by atoms with E-state index in [1.54, 1.807) is 6.20 Å². The first-order chi connectivity index (χ1) is 10.2. The Hall–Kier alpha value is -1.68. The molecule has 0 atom stereocenters. The largest absolute Gasteiger partial charge is 0.331 e. The number of carbonyl (C=O) groups is 1. The quantitative estimate of drug-likeness (QED) is 0.840. The molecular formula is C17H17BrN2O. The smallest absolute Gasteiger partial charge is 0.254 e. The van der Waals surface area contributed by atoms with Gasteiger partial charge in [-0.2, -0.15) is 0 Å². The molecule has 1 fully saturated rings. The summed E-state index contributed by atoms with van der Waals surface area (Å²) in [5.74, 6) is 0.111. The fraction of sp³-hybridized carbons (Fsp3) is 0.294. The number of halogens is 1. The Kier molecular flexibility index (Phi) is 4.06. The highest BCUT2D eigenvalue weighted by atomic mass is 79.9. The van der Waals surface area contributed by atoms with Crippen LogP contribution in [-0.4, -0.2) is 21.8 Å². The Morgan fingerprint density at radius 2 is 2.14 bits per heavy atom. The van der Waals surface area contributed by atoms with E-state index in [0.717, 1.165) is 34.0 Å². The highest BCUT2D eigenvalue weighted by molar-refractivity contribution is 9.10. The number of pyridine rings is 1. The van der Waals surface area contributed by atoms with E-state index in [9.17, 15) is 4.79 Å². The number of benzene rings is 1. The summed E-state index contributed by atoms with van der Waals surface area (Å²) in [6.45, 7) is 2.61. The van der Waals surface area contributed by atoms with Gasteiger partial charge in [-0.1, -0.05) is 28.1 Å². The van der Waals surface area contributed by atoms with Crippen LogP contribution >= 0.6 is 15.9 Å². The molecule has 0 bridgehead atoms. The second-order valence-corrected chi connectivity index (χ2v) is 6.29. The molecule has 0 radical (unpaired) electrons. The molecule has 1 heterocycles. The van der Waals surface area contributed by atoms with Crippen LogP contribution in [0, 0.1) is 6.92 Å². The molecule has 3 rings (SSSR count). The summed E-state index contributed by atoms with van der Waals surface area (Å²) in [4.78, 5) is 19.0. The lowest BCUT2D eigenvalue weighted by Gasteiger charge is -2.23. The molecule has 0 spiro atoms. The number of rotatable bonds is 4. The van der Waals surface area contributed by atoms with Crippen molar-refractivity contribution in [1.82, 2.24) is 9.88 Å². The van der Waals surface area contributed by atoms with Crippen LogP contribution in [0.25, 0.3) is 0 Å². The molecule has 0 saturated heterocycles. The predicted octanol–water partition coefficient (Wildman–Crippen LogP) is 3.96. The van der Waals surface area contributed by atoms with Gasteiger partial charge in [0.15, 0.2) is 0 Å². The number of hydrogen-bond donors (Lipinski definition) is 0. The number of carbonyl (C=O) groups excluding carboxylic acids is 1. The molecule has 2 aromatic rings. The maximum absolute atomic E-state index is 12.9. The van der Waals surface area contributed by atoms with Gasteiger partial charge < -0.3 is 4.90 Å². The van der Waals surface area contributed by atoms with E-state index in [-0.39, 0.29) is 5.91 Å². The van der Waals surface area contributed by atoms with Crippen molar-refractivity contribution in [2.24, 2.45) is 0 Å².